The third-order valence-electron chi connectivity index (χ3n) is 3.60. The Hall–Kier alpha value is -2.88. The molecule has 2 aromatic carbocycles. The minimum Gasteiger partial charge on any atom is -0.462 e. The van der Waals surface area contributed by atoms with E-state index in [2.05, 4.69) is 10.3 Å². The van der Waals surface area contributed by atoms with Crippen LogP contribution in [0.5, 0.6) is 0 Å². The van der Waals surface area contributed by atoms with Crippen LogP contribution in [0.1, 0.15) is 22.8 Å². The molecule has 0 amide bonds. The summed E-state index contributed by atoms with van der Waals surface area (Å²) in [5, 5.41) is 5.03. The number of nitrogens with one attached hydrogen (secondary N) is 1. The number of hydrogen-bond acceptors (Lipinski definition) is 4. The molecule has 0 atom stereocenters. The standard InChI is InChI=1S/C19H18N2O2/c1-3-23-19(22)17-12-20-18(16-7-5-4-6-15(16)17)21-14-10-8-13(2)9-11-14/h4-12H,3H2,1-2H3,(H,20,21). The van der Waals surface area contributed by atoms with Crippen molar-refractivity contribution >= 4 is 28.2 Å². The van der Waals surface area contributed by atoms with Gasteiger partial charge < -0.3 is 10.1 Å². The van der Waals surface area contributed by atoms with Crippen LogP contribution >= 0.6 is 0 Å². The lowest BCUT2D eigenvalue weighted by Crippen LogP contribution is -2.07. The summed E-state index contributed by atoms with van der Waals surface area (Å²) >= 11 is 0. The summed E-state index contributed by atoms with van der Waals surface area (Å²) in [6.45, 7) is 4.18. The highest BCUT2D eigenvalue weighted by Gasteiger charge is 2.14. The zero-order valence-corrected chi connectivity index (χ0v) is 13.2. The molecule has 4 nitrogen and oxygen atoms in total. The molecule has 0 unspecified atom stereocenters. The van der Waals surface area contributed by atoms with E-state index in [1.165, 1.54) is 5.56 Å². The Kier molecular flexibility index (Phi) is 4.24. The normalized spacial score (nSPS) is 10.5. The number of nitrogens with zero attached hydrogens (tertiary/aromatic N) is 1. The molecule has 0 aliphatic carbocycles. The van der Waals surface area contributed by atoms with Crippen molar-refractivity contribution in [1.29, 1.82) is 0 Å². The number of anilines is 2. The fourth-order valence-corrected chi connectivity index (χ4v) is 2.44. The van der Waals surface area contributed by atoms with E-state index in [4.69, 9.17) is 4.74 Å². The molecule has 23 heavy (non-hydrogen) atoms. The van der Waals surface area contributed by atoms with Crippen molar-refractivity contribution in [3.8, 4) is 0 Å². The van der Waals surface area contributed by atoms with Crippen LogP contribution in [0.4, 0.5) is 11.5 Å². The number of pyridine rings is 1. The Bertz CT molecular complexity index is 842. The second-order valence-corrected chi connectivity index (χ2v) is 5.28. The third kappa shape index (κ3) is 3.16. The molecule has 0 saturated carbocycles. The van der Waals surface area contributed by atoms with Crippen molar-refractivity contribution in [2.75, 3.05) is 11.9 Å². The van der Waals surface area contributed by atoms with Crippen molar-refractivity contribution in [3.63, 3.8) is 0 Å². The molecule has 0 aliphatic heterocycles. The second-order valence-electron chi connectivity index (χ2n) is 5.28. The van der Waals surface area contributed by atoms with Crippen LogP contribution in [-0.4, -0.2) is 17.6 Å². The SMILES string of the molecule is CCOC(=O)c1cnc(Nc2ccc(C)cc2)c2ccccc12. The summed E-state index contributed by atoms with van der Waals surface area (Å²) in [4.78, 5) is 16.5. The zero-order chi connectivity index (χ0) is 16.2. The smallest absolute Gasteiger partial charge is 0.340 e. The van der Waals surface area contributed by atoms with E-state index < -0.39 is 0 Å². The van der Waals surface area contributed by atoms with Gasteiger partial charge in [0.05, 0.1) is 12.2 Å². The van der Waals surface area contributed by atoms with Gasteiger partial charge in [-0.15, -0.1) is 0 Å². The van der Waals surface area contributed by atoms with Gasteiger partial charge in [0.15, 0.2) is 0 Å². The third-order valence-corrected chi connectivity index (χ3v) is 3.60. The predicted octanol–water partition coefficient (Wildman–Crippen LogP) is 4.46. The largest absolute Gasteiger partial charge is 0.462 e. The molecule has 0 saturated heterocycles. The van der Waals surface area contributed by atoms with Crippen molar-refractivity contribution in [2.45, 2.75) is 13.8 Å². The van der Waals surface area contributed by atoms with Gasteiger partial charge in [-0.25, -0.2) is 9.78 Å². The Morgan fingerprint density at radius 2 is 1.78 bits per heavy atom. The molecule has 0 radical (unpaired) electrons. The summed E-state index contributed by atoms with van der Waals surface area (Å²) in [6, 6.07) is 15.8. The van der Waals surface area contributed by atoms with E-state index in [0.29, 0.717) is 12.2 Å². The van der Waals surface area contributed by atoms with E-state index in [1.807, 2.05) is 55.5 Å². The van der Waals surface area contributed by atoms with E-state index in [-0.39, 0.29) is 5.97 Å². The van der Waals surface area contributed by atoms with Crippen molar-refractivity contribution in [2.24, 2.45) is 0 Å². The highest BCUT2D eigenvalue weighted by Crippen LogP contribution is 2.27. The van der Waals surface area contributed by atoms with Gasteiger partial charge in [-0.05, 0) is 26.0 Å². The Labute approximate surface area is 135 Å². The molecule has 4 heteroatoms. The van der Waals surface area contributed by atoms with Crippen molar-refractivity contribution in [3.05, 3.63) is 65.9 Å². The van der Waals surface area contributed by atoms with Gasteiger partial charge in [0.25, 0.3) is 0 Å². The molecule has 0 aliphatic rings. The Morgan fingerprint density at radius 1 is 1.09 bits per heavy atom. The van der Waals surface area contributed by atoms with Crippen LogP contribution in [-0.2, 0) is 4.74 Å². The number of esters is 1. The highest BCUT2D eigenvalue weighted by molar-refractivity contribution is 6.07. The van der Waals surface area contributed by atoms with Crippen LogP contribution in [0.25, 0.3) is 10.8 Å². The number of aryl methyl sites for hydroxylation is 1. The summed E-state index contributed by atoms with van der Waals surface area (Å²) in [6.07, 6.45) is 1.57. The quantitative estimate of drug-likeness (QED) is 0.723. The van der Waals surface area contributed by atoms with E-state index in [9.17, 15) is 4.79 Å². The van der Waals surface area contributed by atoms with Crippen molar-refractivity contribution < 1.29 is 9.53 Å². The number of benzene rings is 2. The molecule has 0 spiro atoms. The molecule has 3 aromatic rings. The zero-order valence-electron chi connectivity index (χ0n) is 13.2. The number of fused-ring (bicyclic) bond motifs is 1. The number of rotatable bonds is 4. The Balaban J connectivity index is 2.04. The lowest BCUT2D eigenvalue weighted by atomic mass is 10.1. The van der Waals surface area contributed by atoms with Crippen LogP contribution in [0, 0.1) is 6.92 Å². The molecule has 1 heterocycles. The number of hydrogen-bond donors (Lipinski definition) is 1. The number of carbonyl (C=O) groups is 1. The first kappa shape index (κ1) is 15.0. The molecule has 3 rings (SSSR count). The van der Waals surface area contributed by atoms with Crippen LogP contribution in [0.2, 0.25) is 0 Å². The van der Waals surface area contributed by atoms with Gasteiger partial charge in [-0.2, -0.15) is 0 Å². The lowest BCUT2D eigenvalue weighted by Gasteiger charge is -2.12. The predicted molar refractivity (Wildman–Crippen MR) is 92.2 cm³/mol. The molecule has 1 aromatic heterocycles. The maximum Gasteiger partial charge on any atom is 0.340 e. The molecule has 0 fully saturated rings. The van der Waals surface area contributed by atoms with E-state index in [1.54, 1.807) is 13.1 Å². The minimum atomic E-state index is -0.349. The van der Waals surface area contributed by atoms with Gasteiger partial charge in [0.1, 0.15) is 5.82 Å². The fourth-order valence-electron chi connectivity index (χ4n) is 2.44. The first-order valence-electron chi connectivity index (χ1n) is 7.57. The first-order chi connectivity index (χ1) is 11.2. The van der Waals surface area contributed by atoms with Crippen LogP contribution in [0.3, 0.4) is 0 Å². The Morgan fingerprint density at radius 3 is 2.48 bits per heavy atom. The second kappa shape index (κ2) is 6.48. The van der Waals surface area contributed by atoms with Crippen LogP contribution < -0.4 is 5.32 Å². The average Bonchev–Trinajstić information content (AvgIpc) is 2.57. The molecular weight excluding hydrogens is 288 g/mol. The fraction of sp³-hybridized carbons (Fsp3) is 0.158. The summed E-state index contributed by atoms with van der Waals surface area (Å²) < 4.78 is 5.11. The van der Waals surface area contributed by atoms with Crippen LogP contribution in [0.15, 0.2) is 54.7 Å². The molecule has 0 bridgehead atoms. The van der Waals surface area contributed by atoms with Gasteiger partial charge in [0.2, 0.25) is 0 Å². The first-order valence-corrected chi connectivity index (χ1v) is 7.57. The maximum absolute atomic E-state index is 12.1. The minimum absolute atomic E-state index is 0.344. The number of aromatic nitrogens is 1. The summed E-state index contributed by atoms with van der Waals surface area (Å²) in [5.41, 5.74) is 2.64. The van der Waals surface area contributed by atoms with E-state index in [0.717, 1.165) is 22.3 Å². The molecule has 1 N–H and O–H groups in total. The van der Waals surface area contributed by atoms with Gasteiger partial charge in [0, 0.05) is 22.7 Å². The molecular formula is C19H18N2O2. The van der Waals surface area contributed by atoms with Gasteiger partial charge in [-0.3, -0.25) is 0 Å². The van der Waals surface area contributed by atoms with E-state index >= 15 is 0 Å². The van der Waals surface area contributed by atoms with Crippen molar-refractivity contribution in [1.82, 2.24) is 4.98 Å². The lowest BCUT2D eigenvalue weighted by molar-refractivity contribution is 0.0528. The van der Waals surface area contributed by atoms with Gasteiger partial charge in [-0.1, -0.05) is 42.0 Å². The topological polar surface area (TPSA) is 51.2 Å². The summed E-state index contributed by atoms with van der Waals surface area (Å²) in [5.74, 6) is 0.371. The number of carbonyl (C=O) groups excluding carboxylic acids is 1. The van der Waals surface area contributed by atoms with Gasteiger partial charge >= 0.3 is 5.97 Å². The highest BCUT2D eigenvalue weighted by atomic mass is 16.5. The molecule has 116 valence electrons. The average molecular weight is 306 g/mol. The summed E-state index contributed by atoms with van der Waals surface area (Å²) in [7, 11) is 0. The number of ether oxygens (including phenoxy) is 1. The maximum atomic E-state index is 12.1. The monoisotopic (exact) mass is 306 g/mol.